The van der Waals surface area contributed by atoms with Crippen LogP contribution in [0.5, 0.6) is 0 Å². The van der Waals surface area contributed by atoms with E-state index in [-0.39, 0.29) is 17.7 Å². The summed E-state index contributed by atoms with van der Waals surface area (Å²) < 4.78 is 5.33. The summed E-state index contributed by atoms with van der Waals surface area (Å²) >= 11 is 0. The lowest BCUT2D eigenvalue weighted by molar-refractivity contribution is -0.147. The molecule has 2 amide bonds. The van der Waals surface area contributed by atoms with E-state index >= 15 is 0 Å². The van der Waals surface area contributed by atoms with Gasteiger partial charge in [-0.1, -0.05) is 0 Å². The number of carbonyl (C=O) groups excluding carboxylic acids is 2. The monoisotopic (exact) mass is 332 g/mol. The molecule has 0 aromatic carbocycles. The van der Waals surface area contributed by atoms with Crippen LogP contribution in [0.2, 0.25) is 0 Å². The van der Waals surface area contributed by atoms with Gasteiger partial charge in [0.25, 0.3) is 0 Å². The molecule has 0 bridgehead atoms. The van der Waals surface area contributed by atoms with Crippen LogP contribution in [-0.4, -0.2) is 60.6 Å². The fourth-order valence-electron chi connectivity index (χ4n) is 3.19. The summed E-state index contributed by atoms with van der Waals surface area (Å²) in [6, 6.07) is 3.28. The summed E-state index contributed by atoms with van der Waals surface area (Å²) in [5.74, 6) is -0.0457. The van der Waals surface area contributed by atoms with E-state index in [0.717, 1.165) is 24.9 Å². The van der Waals surface area contributed by atoms with Crippen molar-refractivity contribution in [3.05, 3.63) is 30.1 Å². The van der Waals surface area contributed by atoms with Crippen LogP contribution in [-0.2, 0) is 20.9 Å². The quantitative estimate of drug-likeness (QED) is 0.806. The molecular formula is C17H24N4O3. The third kappa shape index (κ3) is 4.10. The minimum absolute atomic E-state index is 0.0210. The van der Waals surface area contributed by atoms with Crippen LogP contribution in [0.1, 0.15) is 18.4 Å². The number of nitrogens with zero attached hydrogens (tertiary/aromatic N) is 2. The molecule has 2 N–H and O–H groups in total. The maximum atomic E-state index is 12.8. The molecule has 2 aliphatic rings. The highest BCUT2D eigenvalue weighted by Gasteiger charge is 2.35. The van der Waals surface area contributed by atoms with Gasteiger partial charge in [-0.25, -0.2) is 0 Å². The summed E-state index contributed by atoms with van der Waals surface area (Å²) in [4.78, 5) is 31.1. The first kappa shape index (κ1) is 16.9. The van der Waals surface area contributed by atoms with Gasteiger partial charge < -0.3 is 20.3 Å². The second kappa shape index (κ2) is 8.21. The molecule has 0 unspecified atom stereocenters. The largest absolute Gasteiger partial charge is 0.381 e. The van der Waals surface area contributed by atoms with Crippen molar-refractivity contribution in [1.29, 1.82) is 0 Å². The number of hydrogen-bond donors (Lipinski definition) is 2. The summed E-state index contributed by atoms with van der Waals surface area (Å²) in [6.45, 7) is 3.49. The van der Waals surface area contributed by atoms with Gasteiger partial charge in [-0.15, -0.1) is 0 Å². The Labute approximate surface area is 141 Å². The van der Waals surface area contributed by atoms with E-state index in [1.807, 2.05) is 12.1 Å². The van der Waals surface area contributed by atoms with Crippen LogP contribution in [0, 0.1) is 5.92 Å². The summed E-state index contributed by atoms with van der Waals surface area (Å²) in [5.41, 5.74) is 0.990. The zero-order valence-electron chi connectivity index (χ0n) is 13.7. The van der Waals surface area contributed by atoms with Gasteiger partial charge in [0.15, 0.2) is 0 Å². The molecular weight excluding hydrogens is 308 g/mol. The lowest BCUT2D eigenvalue weighted by Gasteiger charge is -2.38. The molecule has 0 radical (unpaired) electrons. The Morgan fingerprint density at radius 2 is 2.04 bits per heavy atom. The lowest BCUT2D eigenvalue weighted by atomic mass is 9.97. The van der Waals surface area contributed by atoms with E-state index in [1.165, 1.54) is 0 Å². The van der Waals surface area contributed by atoms with Gasteiger partial charge >= 0.3 is 0 Å². The van der Waals surface area contributed by atoms with E-state index < -0.39 is 6.04 Å². The molecule has 1 aromatic heterocycles. The Kier molecular flexibility index (Phi) is 5.77. The molecule has 2 aliphatic heterocycles. The van der Waals surface area contributed by atoms with Gasteiger partial charge in [-0.05, 0) is 30.5 Å². The van der Waals surface area contributed by atoms with Crippen LogP contribution in [0.3, 0.4) is 0 Å². The fourth-order valence-corrected chi connectivity index (χ4v) is 3.19. The highest BCUT2D eigenvalue weighted by atomic mass is 16.5. The maximum absolute atomic E-state index is 12.8. The number of amides is 2. The number of carbonyl (C=O) groups is 2. The minimum atomic E-state index is -0.448. The van der Waals surface area contributed by atoms with Crippen LogP contribution < -0.4 is 10.6 Å². The maximum Gasteiger partial charge on any atom is 0.244 e. The van der Waals surface area contributed by atoms with E-state index in [0.29, 0.717) is 32.8 Å². The first-order chi connectivity index (χ1) is 11.8. The minimum Gasteiger partial charge on any atom is -0.381 e. The van der Waals surface area contributed by atoms with Crippen molar-refractivity contribution in [3.63, 3.8) is 0 Å². The molecule has 0 aliphatic carbocycles. The Hall–Kier alpha value is -1.99. The SMILES string of the molecule is O=C(NCc1ccncc1)[C@H]1CNCCN1C(=O)C1CCOCC1. The van der Waals surface area contributed by atoms with Gasteiger partial charge in [0.1, 0.15) is 6.04 Å². The Balaban J connectivity index is 1.60. The van der Waals surface area contributed by atoms with Crippen molar-refractivity contribution in [2.24, 2.45) is 5.92 Å². The molecule has 7 nitrogen and oxygen atoms in total. The number of rotatable bonds is 4. The molecule has 2 fully saturated rings. The molecule has 24 heavy (non-hydrogen) atoms. The first-order valence-corrected chi connectivity index (χ1v) is 8.51. The molecule has 0 saturated carbocycles. The van der Waals surface area contributed by atoms with Gasteiger partial charge in [0.2, 0.25) is 11.8 Å². The standard InChI is InChI=1S/C17H24N4O3/c22-16(20-11-13-1-5-18-6-2-13)15-12-19-7-8-21(15)17(23)14-3-9-24-10-4-14/h1-2,5-6,14-15,19H,3-4,7-12H2,(H,20,22)/t15-/m1/s1. The summed E-state index contributed by atoms with van der Waals surface area (Å²) in [7, 11) is 0. The number of hydrogen-bond acceptors (Lipinski definition) is 5. The van der Waals surface area contributed by atoms with E-state index in [2.05, 4.69) is 15.6 Å². The first-order valence-electron chi connectivity index (χ1n) is 8.51. The van der Waals surface area contributed by atoms with Crippen LogP contribution in [0.25, 0.3) is 0 Å². The molecule has 130 valence electrons. The second-order valence-corrected chi connectivity index (χ2v) is 6.21. The number of nitrogens with one attached hydrogen (secondary N) is 2. The molecule has 1 atom stereocenters. The van der Waals surface area contributed by atoms with Crippen molar-refractivity contribution >= 4 is 11.8 Å². The molecule has 3 heterocycles. The number of pyridine rings is 1. The zero-order valence-corrected chi connectivity index (χ0v) is 13.7. The van der Waals surface area contributed by atoms with Crippen LogP contribution in [0.4, 0.5) is 0 Å². The van der Waals surface area contributed by atoms with Crippen molar-refractivity contribution in [1.82, 2.24) is 20.5 Å². The smallest absolute Gasteiger partial charge is 0.244 e. The predicted molar refractivity (Wildman–Crippen MR) is 88.0 cm³/mol. The highest BCUT2D eigenvalue weighted by Crippen LogP contribution is 2.19. The van der Waals surface area contributed by atoms with E-state index in [1.54, 1.807) is 17.3 Å². The third-order valence-corrected chi connectivity index (χ3v) is 4.62. The van der Waals surface area contributed by atoms with E-state index in [9.17, 15) is 9.59 Å². The fraction of sp³-hybridized carbons (Fsp3) is 0.588. The van der Waals surface area contributed by atoms with Crippen molar-refractivity contribution in [3.8, 4) is 0 Å². The van der Waals surface area contributed by atoms with Crippen molar-refractivity contribution in [2.45, 2.75) is 25.4 Å². The van der Waals surface area contributed by atoms with Gasteiger partial charge in [0, 0.05) is 57.7 Å². The van der Waals surface area contributed by atoms with Gasteiger partial charge in [-0.2, -0.15) is 0 Å². The average Bonchev–Trinajstić information content (AvgIpc) is 2.67. The number of ether oxygens (including phenoxy) is 1. The summed E-state index contributed by atoms with van der Waals surface area (Å²) in [6.07, 6.45) is 4.89. The van der Waals surface area contributed by atoms with Crippen molar-refractivity contribution < 1.29 is 14.3 Å². The number of aromatic nitrogens is 1. The lowest BCUT2D eigenvalue weighted by Crippen LogP contribution is -2.60. The highest BCUT2D eigenvalue weighted by molar-refractivity contribution is 5.89. The molecule has 7 heteroatoms. The predicted octanol–water partition coefficient (Wildman–Crippen LogP) is -0.0752. The molecule has 0 spiro atoms. The Morgan fingerprint density at radius 1 is 1.29 bits per heavy atom. The third-order valence-electron chi connectivity index (χ3n) is 4.62. The second-order valence-electron chi connectivity index (χ2n) is 6.21. The van der Waals surface area contributed by atoms with Crippen LogP contribution >= 0.6 is 0 Å². The normalized spacial score (nSPS) is 22.2. The molecule has 2 saturated heterocycles. The molecule has 1 aromatic rings. The van der Waals surface area contributed by atoms with Crippen molar-refractivity contribution in [2.75, 3.05) is 32.8 Å². The average molecular weight is 332 g/mol. The van der Waals surface area contributed by atoms with E-state index in [4.69, 9.17) is 4.74 Å². The number of piperazine rings is 1. The van der Waals surface area contributed by atoms with Gasteiger partial charge in [0.05, 0.1) is 0 Å². The zero-order chi connectivity index (χ0) is 16.8. The molecule has 3 rings (SSSR count). The topological polar surface area (TPSA) is 83.6 Å². The van der Waals surface area contributed by atoms with Gasteiger partial charge in [-0.3, -0.25) is 14.6 Å². The van der Waals surface area contributed by atoms with Crippen LogP contribution in [0.15, 0.2) is 24.5 Å². The summed E-state index contributed by atoms with van der Waals surface area (Å²) in [5, 5.41) is 6.14. The Morgan fingerprint density at radius 3 is 2.79 bits per heavy atom. The Bertz CT molecular complexity index is 560.